The molecule has 32 heavy (non-hydrogen) atoms. The van der Waals surface area contributed by atoms with E-state index in [0.29, 0.717) is 23.5 Å². The molecule has 0 amide bonds. The molecule has 0 aliphatic carbocycles. The molecule has 1 fully saturated rings. The topological polar surface area (TPSA) is 121 Å². The zero-order valence-corrected chi connectivity index (χ0v) is 18.0. The minimum Gasteiger partial charge on any atom is -0.497 e. The van der Waals surface area contributed by atoms with Crippen LogP contribution in [-0.2, 0) is 6.54 Å². The molecule has 0 unspecified atom stereocenters. The number of fused-ring (bicyclic) bond motifs is 1. The Kier molecular flexibility index (Phi) is 5.32. The van der Waals surface area contributed by atoms with Crippen LogP contribution in [0, 0.1) is 0 Å². The van der Waals surface area contributed by atoms with Gasteiger partial charge in [0.1, 0.15) is 17.6 Å². The number of nitrogen functional groups attached to an aromatic ring is 1. The minimum absolute atomic E-state index is 0.166. The van der Waals surface area contributed by atoms with Crippen molar-refractivity contribution in [2.75, 3.05) is 30.8 Å². The van der Waals surface area contributed by atoms with Crippen molar-refractivity contribution in [2.45, 2.75) is 25.4 Å². The molecule has 1 aromatic carbocycles. The number of nitrogens with zero attached hydrogens (tertiary/aromatic N) is 6. The third-order valence-electron chi connectivity index (χ3n) is 5.92. The van der Waals surface area contributed by atoms with E-state index >= 15 is 0 Å². The largest absolute Gasteiger partial charge is 0.497 e. The Morgan fingerprint density at radius 1 is 1.12 bits per heavy atom. The third kappa shape index (κ3) is 3.82. The van der Waals surface area contributed by atoms with Crippen molar-refractivity contribution in [3.8, 4) is 17.0 Å². The highest BCUT2D eigenvalue weighted by Gasteiger charge is 2.21. The van der Waals surface area contributed by atoms with Crippen LogP contribution in [0.2, 0.25) is 0 Å². The summed E-state index contributed by atoms with van der Waals surface area (Å²) in [6, 6.07) is 10.2. The average Bonchev–Trinajstić information content (AvgIpc) is 3.23. The maximum atomic E-state index is 6.27. The van der Waals surface area contributed by atoms with Gasteiger partial charge in [0, 0.05) is 24.7 Å². The zero-order chi connectivity index (χ0) is 22.1. The Bertz CT molecular complexity index is 1240. The second-order valence-electron chi connectivity index (χ2n) is 8.08. The number of imidazole rings is 1. The fraction of sp³-hybridized carbons (Fsp3) is 0.304. The maximum Gasteiger partial charge on any atom is 0.165 e. The van der Waals surface area contributed by atoms with E-state index in [1.54, 1.807) is 13.4 Å². The van der Waals surface area contributed by atoms with Crippen molar-refractivity contribution in [3.05, 3.63) is 54.7 Å². The average molecular weight is 431 g/mol. The standard InChI is InChI=1S/C23H26N8O/c1-32-18-6-4-15(5-7-18)19-9-16(20(10-26-19)30-8-2-3-17(24)12-30)11-31-14-29-21-22(25)27-13-28-23(21)31/h4-7,9-10,13-14,17H,2-3,8,11-12,24H2,1H3,(H2,25,27,28)/t17-/m1/s1. The Morgan fingerprint density at radius 3 is 2.75 bits per heavy atom. The van der Waals surface area contributed by atoms with Gasteiger partial charge in [-0.1, -0.05) is 0 Å². The predicted octanol–water partition coefficient (Wildman–Crippen LogP) is 2.45. The number of methoxy groups -OCH3 is 1. The summed E-state index contributed by atoms with van der Waals surface area (Å²) >= 11 is 0. The highest BCUT2D eigenvalue weighted by molar-refractivity contribution is 5.81. The highest BCUT2D eigenvalue weighted by atomic mass is 16.5. The molecule has 4 N–H and O–H groups in total. The van der Waals surface area contributed by atoms with E-state index in [-0.39, 0.29) is 6.04 Å². The number of benzene rings is 1. The van der Waals surface area contributed by atoms with Gasteiger partial charge in [0.15, 0.2) is 11.5 Å². The van der Waals surface area contributed by atoms with Crippen LogP contribution in [0.3, 0.4) is 0 Å². The van der Waals surface area contributed by atoms with Gasteiger partial charge in [0.2, 0.25) is 0 Å². The number of hydrogen-bond donors (Lipinski definition) is 2. The fourth-order valence-corrected chi connectivity index (χ4v) is 4.25. The molecular formula is C23H26N8O. The SMILES string of the molecule is COc1ccc(-c2cc(Cn3cnc4c(N)ncnc43)c(N3CCC[C@@H](N)C3)cn2)cc1. The van der Waals surface area contributed by atoms with Crippen LogP contribution < -0.4 is 21.1 Å². The van der Waals surface area contributed by atoms with Crippen molar-refractivity contribution in [1.82, 2.24) is 24.5 Å². The molecule has 9 heteroatoms. The van der Waals surface area contributed by atoms with E-state index in [1.807, 2.05) is 35.0 Å². The fourth-order valence-electron chi connectivity index (χ4n) is 4.25. The van der Waals surface area contributed by atoms with Gasteiger partial charge in [0.05, 0.1) is 37.6 Å². The first kappa shape index (κ1) is 20.2. The normalized spacial score (nSPS) is 16.4. The predicted molar refractivity (Wildman–Crippen MR) is 124 cm³/mol. The Labute approximate surface area is 186 Å². The smallest absolute Gasteiger partial charge is 0.165 e. The summed E-state index contributed by atoms with van der Waals surface area (Å²) in [5.41, 5.74) is 17.7. The van der Waals surface area contributed by atoms with Crippen molar-refractivity contribution in [3.63, 3.8) is 0 Å². The number of anilines is 2. The van der Waals surface area contributed by atoms with E-state index in [1.165, 1.54) is 6.33 Å². The molecule has 4 aromatic rings. The van der Waals surface area contributed by atoms with E-state index in [4.69, 9.17) is 21.2 Å². The van der Waals surface area contributed by atoms with Crippen LogP contribution in [0.4, 0.5) is 11.5 Å². The highest BCUT2D eigenvalue weighted by Crippen LogP contribution is 2.30. The summed E-state index contributed by atoms with van der Waals surface area (Å²) in [5, 5.41) is 0. The van der Waals surface area contributed by atoms with Crippen molar-refractivity contribution >= 4 is 22.7 Å². The number of rotatable bonds is 5. The lowest BCUT2D eigenvalue weighted by Gasteiger charge is -2.34. The van der Waals surface area contributed by atoms with Gasteiger partial charge >= 0.3 is 0 Å². The van der Waals surface area contributed by atoms with Gasteiger partial charge < -0.3 is 25.7 Å². The molecule has 0 spiro atoms. The van der Waals surface area contributed by atoms with Crippen LogP contribution in [0.15, 0.2) is 49.2 Å². The number of pyridine rings is 1. The van der Waals surface area contributed by atoms with Crippen LogP contribution in [0.25, 0.3) is 22.4 Å². The van der Waals surface area contributed by atoms with Crippen LogP contribution >= 0.6 is 0 Å². The second kappa shape index (κ2) is 8.43. The maximum absolute atomic E-state index is 6.27. The number of aromatic nitrogens is 5. The molecule has 1 atom stereocenters. The lowest BCUT2D eigenvalue weighted by atomic mass is 10.0. The third-order valence-corrected chi connectivity index (χ3v) is 5.92. The zero-order valence-electron chi connectivity index (χ0n) is 18.0. The molecule has 3 aromatic heterocycles. The van der Waals surface area contributed by atoms with Crippen LogP contribution in [0.1, 0.15) is 18.4 Å². The van der Waals surface area contributed by atoms with Gasteiger partial charge in [-0.15, -0.1) is 0 Å². The van der Waals surface area contributed by atoms with E-state index in [9.17, 15) is 0 Å². The molecule has 164 valence electrons. The summed E-state index contributed by atoms with van der Waals surface area (Å²) < 4.78 is 7.28. The van der Waals surface area contributed by atoms with Crippen molar-refractivity contribution in [1.29, 1.82) is 0 Å². The minimum atomic E-state index is 0.166. The number of ether oxygens (including phenoxy) is 1. The Morgan fingerprint density at radius 2 is 1.97 bits per heavy atom. The molecule has 1 aliphatic rings. The molecule has 4 heterocycles. The van der Waals surface area contributed by atoms with E-state index < -0.39 is 0 Å². The number of nitrogens with two attached hydrogens (primary N) is 2. The monoisotopic (exact) mass is 430 g/mol. The first-order valence-electron chi connectivity index (χ1n) is 10.7. The number of hydrogen-bond acceptors (Lipinski definition) is 8. The first-order valence-corrected chi connectivity index (χ1v) is 10.7. The summed E-state index contributed by atoms with van der Waals surface area (Å²) in [6.07, 6.45) is 7.30. The quantitative estimate of drug-likeness (QED) is 0.495. The summed E-state index contributed by atoms with van der Waals surface area (Å²) in [7, 11) is 1.66. The molecule has 1 saturated heterocycles. The van der Waals surface area contributed by atoms with E-state index in [0.717, 1.165) is 54.2 Å². The molecule has 9 nitrogen and oxygen atoms in total. The molecule has 5 rings (SSSR count). The lowest BCUT2D eigenvalue weighted by molar-refractivity contribution is 0.415. The number of piperidine rings is 1. The summed E-state index contributed by atoms with van der Waals surface area (Å²) in [4.78, 5) is 20.0. The van der Waals surface area contributed by atoms with Crippen LogP contribution in [-0.4, -0.2) is 50.7 Å². The van der Waals surface area contributed by atoms with Gasteiger partial charge in [0.25, 0.3) is 0 Å². The Balaban J connectivity index is 1.56. The summed E-state index contributed by atoms with van der Waals surface area (Å²) in [6.45, 7) is 2.36. The van der Waals surface area contributed by atoms with Gasteiger partial charge in [-0.05, 0) is 48.7 Å². The first-order chi connectivity index (χ1) is 15.6. The lowest BCUT2D eigenvalue weighted by Crippen LogP contribution is -2.43. The van der Waals surface area contributed by atoms with Crippen molar-refractivity contribution < 1.29 is 4.74 Å². The second-order valence-corrected chi connectivity index (χ2v) is 8.08. The molecule has 0 bridgehead atoms. The van der Waals surface area contributed by atoms with Gasteiger partial charge in [-0.25, -0.2) is 15.0 Å². The van der Waals surface area contributed by atoms with Crippen molar-refractivity contribution in [2.24, 2.45) is 5.73 Å². The molecule has 0 saturated carbocycles. The van der Waals surface area contributed by atoms with E-state index in [2.05, 4.69) is 25.9 Å². The molecular weight excluding hydrogens is 404 g/mol. The van der Waals surface area contributed by atoms with Gasteiger partial charge in [-0.2, -0.15) is 0 Å². The molecule has 1 aliphatic heterocycles. The van der Waals surface area contributed by atoms with Gasteiger partial charge in [-0.3, -0.25) is 4.98 Å². The Hall–Kier alpha value is -3.72. The summed E-state index contributed by atoms with van der Waals surface area (Å²) in [5.74, 6) is 1.19. The van der Waals surface area contributed by atoms with Crippen LogP contribution in [0.5, 0.6) is 5.75 Å². The molecule has 0 radical (unpaired) electrons.